The predicted octanol–water partition coefficient (Wildman–Crippen LogP) is 3.26. The molecule has 3 rings (SSSR count). The van der Waals surface area contributed by atoms with Crippen molar-refractivity contribution in [2.45, 2.75) is 18.9 Å². The zero-order chi connectivity index (χ0) is 13.6. The lowest BCUT2D eigenvalue weighted by Crippen LogP contribution is -2.08. The molecule has 0 saturated heterocycles. The number of hydrogen-bond donors (Lipinski definition) is 2. The molecule has 1 atom stereocenters. The van der Waals surface area contributed by atoms with Gasteiger partial charge in [0, 0.05) is 26.9 Å². The molecule has 1 aromatic carbocycles. The van der Waals surface area contributed by atoms with E-state index in [1.165, 1.54) is 0 Å². The normalized spacial score (nSPS) is 17.5. The highest BCUT2D eigenvalue weighted by Crippen LogP contribution is 2.37. The van der Waals surface area contributed by atoms with Gasteiger partial charge in [0.15, 0.2) is 0 Å². The molecule has 1 unspecified atom stereocenters. The van der Waals surface area contributed by atoms with Crippen LogP contribution >= 0.6 is 27.5 Å². The maximum atomic E-state index is 10.6. The third-order valence-electron chi connectivity index (χ3n) is 3.43. The minimum atomic E-state index is -0.794. The number of benzene rings is 1. The van der Waals surface area contributed by atoms with Crippen molar-refractivity contribution in [1.29, 1.82) is 0 Å². The standard InChI is InChI=1S/C14H12BrClN2O/c15-9-3-8-2-1-7-4-10(16)5-11(17)12(7)14(19)13(8)18-6-9/h3-6,14,19H,1-2,17H2. The molecule has 98 valence electrons. The van der Waals surface area contributed by atoms with E-state index < -0.39 is 6.10 Å². The Bertz CT molecular complexity index is 660. The molecule has 1 aliphatic carbocycles. The third-order valence-corrected chi connectivity index (χ3v) is 4.08. The summed E-state index contributed by atoms with van der Waals surface area (Å²) in [6.07, 6.45) is 2.51. The largest absolute Gasteiger partial charge is 0.398 e. The van der Waals surface area contributed by atoms with Gasteiger partial charge in [0.2, 0.25) is 0 Å². The summed E-state index contributed by atoms with van der Waals surface area (Å²) in [7, 11) is 0. The van der Waals surface area contributed by atoms with Gasteiger partial charge in [-0.15, -0.1) is 0 Å². The number of aryl methyl sites for hydroxylation is 2. The van der Waals surface area contributed by atoms with Crippen LogP contribution in [0.5, 0.6) is 0 Å². The molecule has 19 heavy (non-hydrogen) atoms. The zero-order valence-corrected chi connectivity index (χ0v) is 12.4. The van der Waals surface area contributed by atoms with Crippen molar-refractivity contribution in [1.82, 2.24) is 4.98 Å². The molecule has 0 bridgehead atoms. The fourth-order valence-corrected chi connectivity index (χ4v) is 3.21. The maximum absolute atomic E-state index is 10.6. The number of aromatic nitrogens is 1. The Kier molecular flexibility index (Phi) is 3.25. The first-order valence-electron chi connectivity index (χ1n) is 5.96. The second-order valence-corrected chi connectivity index (χ2v) is 6.02. The van der Waals surface area contributed by atoms with E-state index in [-0.39, 0.29) is 0 Å². The number of aliphatic hydroxyl groups is 1. The lowest BCUT2D eigenvalue weighted by atomic mass is 9.98. The second-order valence-electron chi connectivity index (χ2n) is 4.67. The summed E-state index contributed by atoms with van der Waals surface area (Å²) in [5.74, 6) is 0. The molecule has 1 aromatic heterocycles. The first-order valence-corrected chi connectivity index (χ1v) is 7.13. The number of pyridine rings is 1. The van der Waals surface area contributed by atoms with Crippen LogP contribution in [0.15, 0.2) is 28.9 Å². The van der Waals surface area contributed by atoms with Gasteiger partial charge < -0.3 is 10.8 Å². The number of rotatable bonds is 0. The minimum Gasteiger partial charge on any atom is -0.398 e. The summed E-state index contributed by atoms with van der Waals surface area (Å²) < 4.78 is 0.912. The van der Waals surface area contributed by atoms with Crippen LogP contribution in [0.3, 0.4) is 0 Å². The van der Waals surface area contributed by atoms with Gasteiger partial charge in [0.1, 0.15) is 6.10 Å². The Balaban J connectivity index is 2.20. The Morgan fingerprint density at radius 1 is 1.26 bits per heavy atom. The quantitative estimate of drug-likeness (QED) is 0.724. The van der Waals surface area contributed by atoms with Crippen LogP contribution in [0.4, 0.5) is 5.69 Å². The van der Waals surface area contributed by atoms with Crippen LogP contribution < -0.4 is 5.73 Å². The molecule has 5 heteroatoms. The molecule has 0 spiro atoms. The van der Waals surface area contributed by atoms with Crippen molar-refractivity contribution in [3.8, 4) is 0 Å². The highest BCUT2D eigenvalue weighted by Gasteiger charge is 2.25. The smallest absolute Gasteiger partial charge is 0.123 e. The molecule has 3 N–H and O–H groups in total. The molecule has 0 saturated carbocycles. The third kappa shape index (κ3) is 2.24. The maximum Gasteiger partial charge on any atom is 0.123 e. The zero-order valence-electron chi connectivity index (χ0n) is 10.0. The van der Waals surface area contributed by atoms with Gasteiger partial charge in [-0.25, -0.2) is 0 Å². The van der Waals surface area contributed by atoms with Gasteiger partial charge in [-0.05, 0) is 58.1 Å². The molecule has 3 nitrogen and oxygen atoms in total. The Hall–Kier alpha value is -1.10. The van der Waals surface area contributed by atoms with Gasteiger partial charge in [-0.2, -0.15) is 0 Å². The highest BCUT2D eigenvalue weighted by molar-refractivity contribution is 9.10. The Morgan fingerprint density at radius 3 is 2.79 bits per heavy atom. The van der Waals surface area contributed by atoms with E-state index in [1.54, 1.807) is 12.3 Å². The number of nitrogens with zero attached hydrogens (tertiary/aromatic N) is 1. The van der Waals surface area contributed by atoms with E-state index in [9.17, 15) is 5.11 Å². The Morgan fingerprint density at radius 2 is 2.00 bits per heavy atom. The summed E-state index contributed by atoms with van der Waals surface area (Å²) in [6, 6.07) is 5.54. The van der Waals surface area contributed by atoms with E-state index >= 15 is 0 Å². The number of nitrogens with two attached hydrogens (primary N) is 1. The van der Waals surface area contributed by atoms with Crippen molar-refractivity contribution < 1.29 is 5.11 Å². The summed E-state index contributed by atoms with van der Waals surface area (Å²) in [5, 5.41) is 11.2. The number of halogens is 2. The fraction of sp³-hybridized carbons (Fsp3) is 0.214. The van der Waals surface area contributed by atoms with Gasteiger partial charge in [0.05, 0.1) is 5.69 Å². The second kappa shape index (κ2) is 4.78. The topological polar surface area (TPSA) is 59.1 Å². The number of fused-ring (bicyclic) bond motifs is 2. The van der Waals surface area contributed by atoms with Crippen LogP contribution in [0.1, 0.15) is 28.5 Å². The van der Waals surface area contributed by atoms with E-state index in [1.807, 2.05) is 12.1 Å². The summed E-state index contributed by atoms with van der Waals surface area (Å²) in [6.45, 7) is 0. The number of nitrogen functional groups attached to an aromatic ring is 1. The summed E-state index contributed by atoms with van der Waals surface area (Å²) in [5.41, 5.74) is 9.97. The van der Waals surface area contributed by atoms with Crippen molar-refractivity contribution in [3.05, 3.63) is 56.3 Å². The molecule has 0 aliphatic heterocycles. The van der Waals surface area contributed by atoms with E-state index in [2.05, 4.69) is 20.9 Å². The fourth-order valence-electron chi connectivity index (χ4n) is 2.58. The summed E-state index contributed by atoms with van der Waals surface area (Å²) >= 11 is 9.44. The van der Waals surface area contributed by atoms with Crippen LogP contribution in [0.25, 0.3) is 0 Å². The van der Waals surface area contributed by atoms with Crippen molar-refractivity contribution >= 4 is 33.2 Å². The van der Waals surface area contributed by atoms with Crippen molar-refractivity contribution in [2.24, 2.45) is 0 Å². The minimum absolute atomic E-state index is 0.521. The van der Waals surface area contributed by atoms with Gasteiger partial charge >= 0.3 is 0 Å². The van der Waals surface area contributed by atoms with Crippen LogP contribution in [0.2, 0.25) is 5.02 Å². The Labute approximate surface area is 124 Å². The van der Waals surface area contributed by atoms with Crippen LogP contribution in [-0.4, -0.2) is 10.1 Å². The van der Waals surface area contributed by atoms with Gasteiger partial charge in [-0.1, -0.05) is 11.6 Å². The first kappa shape index (κ1) is 12.9. The molecule has 1 aliphatic rings. The molecule has 0 radical (unpaired) electrons. The molecular weight excluding hydrogens is 328 g/mol. The molecular formula is C14H12BrClN2O. The molecule has 0 amide bonds. The number of aliphatic hydroxyl groups excluding tert-OH is 1. The average molecular weight is 340 g/mol. The monoisotopic (exact) mass is 338 g/mol. The van der Waals surface area contributed by atoms with E-state index in [0.717, 1.165) is 34.0 Å². The van der Waals surface area contributed by atoms with E-state index in [0.29, 0.717) is 16.4 Å². The van der Waals surface area contributed by atoms with Gasteiger partial charge in [-0.3, -0.25) is 4.98 Å². The number of hydrogen-bond acceptors (Lipinski definition) is 3. The first-order chi connectivity index (χ1) is 9.06. The van der Waals surface area contributed by atoms with E-state index in [4.69, 9.17) is 17.3 Å². The predicted molar refractivity (Wildman–Crippen MR) is 79.3 cm³/mol. The summed E-state index contributed by atoms with van der Waals surface area (Å²) in [4.78, 5) is 4.34. The highest BCUT2D eigenvalue weighted by atomic mass is 79.9. The molecule has 2 aromatic rings. The lowest BCUT2D eigenvalue weighted by Gasteiger charge is -2.16. The van der Waals surface area contributed by atoms with Crippen molar-refractivity contribution in [3.63, 3.8) is 0 Å². The van der Waals surface area contributed by atoms with Crippen LogP contribution in [-0.2, 0) is 12.8 Å². The number of anilines is 1. The molecule has 1 heterocycles. The van der Waals surface area contributed by atoms with Gasteiger partial charge in [0.25, 0.3) is 0 Å². The molecule has 0 fully saturated rings. The van der Waals surface area contributed by atoms with Crippen LogP contribution in [0, 0.1) is 0 Å². The van der Waals surface area contributed by atoms with Crippen molar-refractivity contribution in [2.75, 3.05) is 5.73 Å². The average Bonchev–Trinajstić information content (AvgIpc) is 2.47. The SMILES string of the molecule is Nc1cc(Cl)cc2c1C(O)c1ncc(Br)cc1CC2. The lowest BCUT2D eigenvalue weighted by molar-refractivity contribution is 0.215.